The quantitative estimate of drug-likeness (QED) is 0.844. The molecule has 1 saturated heterocycles. The van der Waals surface area contributed by atoms with Crippen LogP contribution in [0.25, 0.3) is 0 Å². The van der Waals surface area contributed by atoms with Crippen LogP contribution in [0.2, 0.25) is 0 Å². The summed E-state index contributed by atoms with van der Waals surface area (Å²) in [4.78, 5) is 4.79. The molecular formula is C13H23N5S. The summed E-state index contributed by atoms with van der Waals surface area (Å²) < 4.78 is 3.06. The number of hydrogen-bond donors (Lipinski definition) is 1. The Morgan fingerprint density at radius 2 is 1.89 bits per heavy atom. The summed E-state index contributed by atoms with van der Waals surface area (Å²) >= 11 is 5.44. The SMILES string of the molecule is CN1CCCN(c2n[nH]c(=S)n2C2CCCC2)CC1. The van der Waals surface area contributed by atoms with Gasteiger partial charge in [0, 0.05) is 25.7 Å². The Bertz CT molecular complexity index is 474. The fourth-order valence-corrected chi connectivity index (χ4v) is 3.53. The molecule has 0 spiro atoms. The molecular weight excluding hydrogens is 258 g/mol. The summed E-state index contributed by atoms with van der Waals surface area (Å²) in [6.07, 6.45) is 6.32. The van der Waals surface area contributed by atoms with Gasteiger partial charge in [-0.1, -0.05) is 12.8 Å². The molecule has 0 unspecified atom stereocenters. The van der Waals surface area contributed by atoms with Crippen molar-refractivity contribution in [3.8, 4) is 0 Å². The molecule has 2 heterocycles. The van der Waals surface area contributed by atoms with Crippen molar-refractivity contribution in [1.82, 2.24) is 19.7 Å². The first-order valence-electron chi connectivity index (χ1n) is 7.36. The van der Waals surface area contributed by atoms with E-state index in [2.05, 4.69) is 31.6 Å². The molecule has 5 nitrogen and oxygen atoms in total. The molecule has 1 aromatic heterocycles. The molecule has 0 bridgehead atoms. The van der Waals surface area contributed by atoms with Crippen molar-refractivity contribution >= 4 is 18.2 Å². The molecule has 6 heteroatoms. The second-order valence-electron chi connectivity index (χ2n) is 5.78. The number of anilines is 1. The molecule has 1 saturated carbocycles. The van der Waals surface area contributed by atoms with Gasteiger partial charge in [-0.2, -0.15) is 0 Å². The van der Waals surface area contributed by atoms with Crippen LogP contribution in [-0.2, 0) is 0 Å². The minimum atomic E-state index is 0.558. The summed E-state index contributed by atoms with van der Waals surface area (Å²) in [5.41, 5.74) is 0. The van der Waals surface area contributed by atoms with Crippen molar-refractivity contribution < 1.29 is 0 Å². The second kappa shape index (κ2) is 5.63. The molecule has 2 fully saturated rings. The van der Waals surface area contributed by atoms with Crippen LogP contribution in [0.3, 0.4) is 0 Å². The van der Waals surface area contributed by atoms with E-state index in [0.29, 0.717) is 6.04 Å². The van der Waals surface area contributed by atoms with Crippen LogP contribution in [0, 0.1) is 4.77 Å². The predicted molar refractivity (Wildman–Crippen MR) is 79.2 cm³/mol. The van der Waals surface area contributed by atoms with Gasteiger partial charge in [-0.05, 0) is 45.1 Å². The number of aromatic nitrogens is 3. The predicted octanol–water partition coefficient (Wildman–Crippen LogP) is 2.20. The Hall–Kier alpha value is -0.880. The fraction of sp³-hybridized carbons (Fsp3) is 0.846. The van der Waals surface area contributed by atoms with E-state index in [1.54, 1.807) is 0 Å². The average Bonchev–Trinajstić information content (AvgIpc) is 2.98. The van der Waals surface area contributed by atoms with E-state index in [1.165, 1.54) is 38.6 Å². The maximum Gasteiger partial charge on any atom is 0.226 e. The van der Waals surface area contributed by atoms with Gasteiger partial charge in [-0.3, -0.25) is 4.57 Å². The van der Waals surface area contributed by atoms with E-state index < -0.39 is 0 Å². The van der Waals surface area contributed by atoms with Gasteiger partial charge in [0.2, 0.25) is 5.95 Å². The molecule has 19 heavy (non-hydrogen) atoms. The Kier molecular flexibility index (Phi) is 3.88. The van der Waals surface area contributed by atoms with E-state index >= 15 is 0 Å². The average molecular weight is 281 g/mol. The highest BCUT2D eigenvalue weighted by molar-refractivity contribution is 7.71. The fourth-order valence-electron chi connectivity index (χ4n) is 3.26. The summed E-state index contributed by atoms with van der Waals surface area (Å²) in [7, 11) is 2.19. The summed E-state index contributed by atoms with van der Waals surface area (Å²) in [5.74, 6) is 1.06. The van der Waals surface area contributed by atoms with Gasteiger partial charge < -0.3 is 9.80 Å². The van der Waals surface area contributed by atoms with Crippen LogP contribution in [-0.4, -0.2) is 52.9 Å². The highest BCUT2D eigenvalue weighted by atomic mass is 32.1. The summed E-state index contributed by atoms with van der Waals surface area (Å²) in [6, 6.07) is 0.558. The molecule has 1 aliphatic heterocycles. The highest BCUT2D eigenvalue weighted by Crippen LogP contribution is 2.32. The third-order valence-electron chi connectivity index (χ3n) is 4.38. The van der Waals surface area contributed by atoms with E-state index in [1.807, 2.05) is 0 Å². The van der Waals surface area contributed by atoms with Crippen molar-refractivity contribution in [2.75, 3.05) is 38.1 Å². The topological polar surface area (TPSA) is 40.1 Å². The van der Waals surface area contributed by atoms with Crippen LogP contribution in [0.4, 0.5) is 5.95 Å². The molecule has 1 aromatic rings. The van der Waals surface area contributed by atoms with Crippen LogP contribution in [0.15, 0.2) is 0 Å². The van der Waals surface area contributed by atoms with Crippen molar-refractivity contribution in [3.63, 3.8) is 0 Å². The minimum absolute atomic E-state index is 0.558. The zero-order valence-electron chi connectivity index (χ0n) is 11.6. The third-order valence-corrected chi connectivity index (χ3v) is 4.67. The second-order valence-corrected chi connectivity index (χ2v) is 6.17. The monoisotopic (exact) mass is 281 g/mol. The minimum Gasteiger partial charge on any atom is -0.340 e. The number of hydrogen-bond acceptors (Lipinski definition) is 4. The van der Waals surface area contributed by atoms with Crippen molar-refractivity contribution in [3.05, 3.63) is 4.77 Å². The Morgan fingerprint density at radius 3 is 2.68 bits per heavy atom. The highest BCUT2D eigenvalue weighted by Gasteiger charge is 2.24. The zero-order chi connectivity index (χ0) is 13.2. The standard InChI is InChI=1S/C13H23N5S/c1-16-7-4-8-17(10-9-16)12-14-15-13(19)18(12)11-5-2-3-6-11/h11H,2-10H2,1H3,(H,15,19). The molecule has 2 aliphatic rings. The van der Waals surface area contributed by atoms with Crippen LogP contribution >= 0.6 is 12.2 Å². The first-order valence-corrected chi connectivity index (χ1v) is 7.77. The number of rotatable bonds is 2. The smallest absolute Gasteiger partial charge is 0.226 e. The number of likely N-dealkylation sites (N-methyl/N-ethyl adjacent to an activating group) is 1. The van der Waals surface area contributed by atoms with E-state index in [4.69, 9.17) is 12.2 Å². The molecule has 1 aliphatic carbocycles. The number of nitrogens with one attached hydrogen (secondary N) is 1. The van der Waals surface area contributed by atoms with Gasteiger partial charge in [0.15, 0.2) is 4.77 Å². The van der Waals surface area contributed by atoms with E-state index in [9.17, 15) is 0 Å². The molecule has 3 rings (SSSR count). The van der Waals surface area contributed by atoms with E-state index in [0.717, 1.165) is 30.4 Å². The van der Waals surface area contributed by atoms with Gasteiger partial charge in [-0.15, -0.1) is 5.10 Å². The first kappa shape index (κ1) is 13.1. The van der Waals surface area contributed by atoms with Crippen molar-refractivity contribution in [1.29, 1.82) is 0 Å². The van der Waals surface area contributed by atoms with Crippen LogP contribution in [0.1, 0.15) is 38.1 Å². The van der Waals surface area contributed by atoms with E-state index in [-0.39, 0.29) is 0 Å². The molecule has 106 valence electrons. The molecule has 0 atom stereocenters. The molecule has 1 N–H and O–H groups in total. The maximum atomic E-state index is 5.44. The zero-order valence-corrected chi connectivity index (χ0v) is 12.5. The lowest BCUT2D eigenvalue weighted by molar-refractivity contribution is 0.359. The summed E-state index contributed by atoms with van der Waals surface area (Å²) in [5, 5.41) is 7.51. The molecule has 0 amide bonds. The third kappa shape index (κ3) is 2.69. The normalized spacial score (nSPS) is 22.9. The van der Waals surface area contributed by atoms with Gasteiger partial charge in [0.25, 0.3) is 0 Å². The van der Waals surface area contributed by atoms with Gasteiger partial charge in [0.1, 0.15) is 0 Å². The maximum absolute atomic E-state index is 5.44. The van der Waals surface area contributed by atoms with Crippen LogP contribution < -0.4 is 4.90 Å². The molecule has 0 radical (unpaired) electrons. The Balaban J connectivity index is 1.85. The van der Waals surface area contributed by atoms with Gasteiger partial charge in [0.05, 0.1) is 0 Å². The van der Waals surface area contributed by atoms with Gasteiger partial charge in [-0.25, -0.2) is 5.10 Å². The lowest BCUT2D eigenvalue weighted by atomic mass is 10.2. The number of aromatic amines is 1. The van der Waals surface area contributed by atoms with Gasteiger partial charge >= 0.3 is 0 Å². The Morgan fingerprint density at radius 1 is 1.11 bits per heavy atom. The lowest BCUT2D eigenvalue weighted by Crippen LogP contribution is -2.31. The number of H-pyrrole nitrogens is 1. The molecule has 0 aromatic carbocycles. The largest absolute Gasteiger partial charge is 0.340 e. The summed E-state index contributed by atoms with van der Waals surface area (Å²) in [6.45, 7) is 4.40. The van der Waals surface area contributed by atoms with Crippen LogP contribution in [0.5, 0.6) is 0 Å². The lowest BCUT2D eigenvalue weighted by Gasteiger charge is -2.24. The first-order chi connectivity index (χ1) is 9.25. The van der Waals surface area contributed by atoms with Crippen molar-refractivity contribution in [2.45, 2.75) is 38.1 Å². The Labute approximate surface area is 119 Å². The number of nitrogens with zero attached hydrogens (tertiary/aromatic N) is 4. The van der Waals surface area contributed by atoms with Crippen molar-refractivity contribution in [2.24, 2.45) is 0 Å².